The summed E-state index contributed by atoms with van der Waals surface area (Å²) < 4.78 is 7.76. The lowest BCUT2D eigenvalue weighted by Gasteiger charge is -2.64. The maximum Gasteiger partial charge on any atom is 0.312 e. The first kappa shape index (κ1) is 23.9. The molecule has 0 saturated heterocycles. The molecule has 0 N–H and O–H groups in total. The van der Waals surface area contributed by atoms with E-state index in [2.05, 4.69) is 31.6 Å². The number of benzene rings is 1. The fourth-order valence-electron chi connectivity index (χ4n) is 9.56. The van der Waals surface area contributed by atoms with Gasteiger partial charge in [-0.05, 0) is 94.2 Å². The van der Waals surface area contributed by atoms with Crippen LogP contribution in [0.15, 0.2) is 24.4 Å². The molecule has 4 aliphatic carbocycles. The van der Waals surface area contributed by atoms with Crippen molar-refractivity contribution in [3.05, 3.63) is 45.7 Å². The van der Waals surface area contributed by atoms with E-state index >= 15 is 0 Å². The molecule has 1 heterocycles. The van der Waals surface area contributed by atoms with E-state index in [1.165, 1.54) is 30.5 Å². The van der Waals surface area contributed by atoms with Crippen LogP contribution in [-0.2, 0) is 20.4 Å². The zero-order chi connectivity index (χ0) is 24.8. The van der Waals surface area contributed by atoms with E-state index < -0.39 is 0 Å². The summed E-state index contributed by atoms with van der Waals surface area (Å²) in [6, 6.07) is 5.70. The summed E-state index contributed by atoms with van der Waals surface area (Å²) in [4.78, 5) is 13.2. The van der Waals surface area contributed by atoms with Gasteiger partial charge in [-0.1, -0.05) is 43.5 Å². The molecule has 6 heteroatoms. The molecule has 4 nitrogen and oxygen atoms in total. The molecule has 2 bridgehead atoms. The molecule has 35 heavy (non-hydrogen) atoms. The Bertz CT molecular complexity index is 1190. The van der Waals surface area contributed by atoms with Crippen LogP contribution in [0.25, 0.3) is 5.69 Å². The van der Waals surface area contributed by atoms with Gasteiger partial charge in [0.1, 0.15) is 0 Å². The number of rotatable bonds is 3. The number of hydrogen-bond acceptors (Lipinski definition) is 3. The third-order valence-electron chi connectivity index (χ3n) is 10.7. The maximum atomic E-state index is 13.2. The van der Waals surface area contributed by atoms with Crippen molar-refractivity contribution in [2.45, 2.75) is 89.9 Å². The predicted molar refractivity (Wildman–Crippen MR) is 139 cm³/mol. The van der Waals surface area contributed by atoms with Gasteiger partial charge < -0.3 is 4.74 Å². The van der Waals surface area contributed by atoms with Crippen LogP contribution in [-0.4, -0.2) is 22.4 Å². The van der Waals surface area contributed by atoms with Gasteiger partial charge in [0.05, 0.1) is 29.6 Å². The number of hydrogen-bond donors (Lipinski definition) is 0. The van der Waals surface area contributed by atoms with Gasteiger partial charge in [0.2, 0.25) is 0 Å². The Kier molecular flexibility index (Phi) is 5.28. The normalized spacial score (nSPS) is 39.5. The molecule has 0 aliphatic heterocycles. The van der Waals surface area contributed by atoms with Gasteiger partial charge in [0, 0.05) is 26.4 Å². The molecule has 3 saturated carbocycles. The van der Waals surface area contributed by atoms with Crippen molar-refractivity contribution in [1.29, 1.82) is 0 Å². The highest BCUT2D eigenvalue weighted by Crippen LogP contribution is 2.73. The van der Waals surface area contributed by atoms with Crippen LogP contribution in [0, 0.1) is 22.7 Å². The number of ether oxygens (including phenoxy) is 1. The minimum Gasteiger partial charge on any atom is -0.466 e. The lowest BCUT2D eigenvalue weighted by molar-refractivity contribution is -0.180. The monoisotopic (exact) mass is 514 g/mol. The van der Waals surface area contributed by atoms with Gasteiger partial charge in [-0.15, -0.1) is 0 Å². The second-order valence-electron chi connectivity index (χ2n) is 12.5. The second-order valence-corrected chi connectivity index (χ2v) is 13.4. The zero-order valence-electron chi connectivity index (χ0n) is 21.3. The molecule has 6 rings (SSSR count). The van der Waals surface area contributed by atoms with Gasteiger partial charge in [0.25, 0.3) is 0 Å². The summed E-state index contributed by atoms with van der Waals surface area (Å²) in [6.45, 7) is 9.51. The third kappa shape index (κ3) is 3.11. The first-order valence-electron chi connectivity index (χ1n) is 13.3. The van der Waals surface area contributed by atoms with Crippen LogP contribution < -0.4 is 0 Å². The average Bonchev–Trinajstić information content (AvgIpc) is 3.31. The fraction of sp³-hybridized carbons (Fsp3) is 0.655. The van der Waals surface area contributed by atoms with Gasteiger partial charge in [-0.25, -0.2) is 4.68 Å². The van der Waals surface area contributed by atoms with E-state index in [1.807, 2.05) is 19.1 Å². The van der Waals surface area contributed by atoms with Gasteiger partial charge in [0.15, 0.2) is 0 Å². The lowest BCUT2D eigenvalue weighted by Crippen LogP contribution is -2.60. The molecular weight excluding hydrogens is 479 g/mol. The van der Waals surface area contributed by atoms with Crippen molar-refractivity contribution in [3.63, 3.8) is 0 Å². The molecule has 1 aromatic heterocycles. The molecule has 0 amide bonds. The van der Waals surface area contributed by atoms with Crippen molar-refractivity contribution in [2.75, 3.05) is 6.61 Å². The number of esters is 1. The van der Waals surface area contributed by atoms with E-state index in [0.717, 1.165) is 37.8 Å². The number of fused-ring (bicyclic) bond motifs is 5. The van der Waals surface area contributed by atoms with E-state index in [0.29, 0.717) is 28.5 Å². The molecule has 1 spiro atoms. The van der Waals surface area contributed by atoms with Crippen LogP contribution in [0.4, 0.5) is 0 Å². The van der Waals surface area contributed by atoms with Crippen LogP contribution in [0.5, 0.6) is 0 Å². The van der Waals surface area contributed by atoms with Crippen molar-refractivity contribution in [1.82, 2.24) is 9.78 Å². The first-order valence-corrected chi connectivity index (χ1v) is 14.1. The largest absolute Gasteiger partial charge is 0.466 e. The number of nitrogens with zero attached hydrogens (tertiary/aromatic N) is 2. The Balaban J connectivity index is 1.45. The SMILES string of the molecule is CCOC(=O)[C@]1(C)CCC[C@@]2(C)[C@@H]3CC[C@@]4(C)C[C@]3(CC[C@@H]21)c1cnn(-c2cc(Cl)cc(Cl)c2)c14. The molecule has 0 unspecified atom stereocenters. The Labute approximate surface area is 218 Å². The molecule has 1 aromatic carbocycles. The summed E-state index contributed by atoms with van der Waals surface area (Å²) in [5, 5.41) is 6.20. The lowest BCUT2D eigenvalue weighted by atomic mass is 9.40. The number of carbonyl (C=O) groups is 1. The van der Waals surface area contributed by atoms with Crippen LogP contribution in [0.3, 0.4) is 0 Å². The summed E-state index contributed by atoms with van der Waals surface area (Å²) in [5.74, 6) is 0.941. The summed E-state index contributed by atoms with van der Waals surface area (Å²) >= 11 is 12.8. The van der Waals surface area contributed by atoms with Gasteiger partial charge in [-0.3, -0.25) is 4.79 Å². The topological polar surface area (TPSA) is 44.1 Å². The molecule has 0 radical (unpaired) electrons. The van der Waals surface area contributed by atoms with Gasteiger partial charge in [-0.2, -0.15) is 5.10 Å². The van der Waals surface area contributed by atoms with Crippen molar-refractivity contribution < 1.29 is 9.53 Å². The molecule has 4 aliphatic rings. The Morgan fingerprint density at radius 3 is 2.49 bits per heavy atom. The van der Waals surface area contributed by atoms with Gasteiger partial charge >= 0.3 is 5.97 Å². The highest BCUT2D eigenvalue weighted by molar-refractivity contribution is 6.34. The minimum absolute atomic E-state index is 0.0188. The highest BCUT2D eigenvalue weighted by Gasteiger charge is 2.68. The molecule has 6 atom stereocenters. The molecule has 2 aromatic rings. The second kappa shape index (κ2) is 7.74. The van der Waals surface area contributed by atoms with Crippen LogP contribution in [0.1, 0.15) is 90.3 Å². The number of aromatic nitrogens is 2. The predicted octanol–water partition coefficient (Wildman–Crippen LogP) is 7.66. The average molecular weight is 516 g/mol. The van der Waals surface area contributed by atoms with E-state index in [1.54, 1.807) is 6.07 Å². The molecule has 3 fully saturated rings. The highest BCUT2D eigenvalue weighted by atomic mass is 35.5. The third-order valence-corrected chi connectivity index (χ3v) is 11.2. The quantitative estimate of drug-likeness (QED) is 0.394. The van der Waals surface area contributed by atoms with E-state index in [-0.39, 0.29) is 27.6 Å². The van der Waals surface area contributed by atoms with Crippen molar-refractivity contribution >= 4 is 29.2 Å². The maximum absolute atomic E-state index is 13.2. The Hall–Kier alpha value is -1.52. The first-order chi connectivity index (χ1) is 16.6. The Morgan fingerprint density at radius 1 is 1.06 bits per heavy atom. The van der Waals surface area contributed by atoms with Crippen LogP contribution >= 0.6 is 23.2 Å². The summed E-state index contributed by atoms with van der Waals surface area (Å²) in [7, 11) is 0. The van der Waals surface area contributed by atoms with Crippen molar-refractivity contribution in [2.24, 2.45) is 22.7 Å². The summed E-state index contributed by atoms with van der Waals surface area (Å²) in [5.41, 5.74) is 3.68. The Morgan fingerprint density at radius 2 is 1.77 bits per heavy atom. The summed E-state index contributed by atoms with van der Waals surface area (Å²) in [6.07, 6.45) is 11.1. The van der Waals surface area contributed by atoms with Crippen molar-refractivity contribution in [3.8, 4) is 5.69 Å². The minimum atomic E-state index is -0.380. The van der Waals surface area contributed by atoms with Crippen LogP contribution in [0.2, 0.25) is 10.0 Å². The number of carbonyl (C=O) groups excluding carboxylic acids is 1. The molecular formula is C29H36Cl2N2O2. The standard InChI is InChI=1S/C29H36Cl2N2O2/c1-5-35-25(34)28(4)10-6-9-27(3)22(28)8-12-29-17-26(2,11-7-23(27)29)24-21(29)16-32-33(24)20-14-18(30)13-19(31)15-20/h13-16,22-23H,5-12,17H2,1-4H3/t22-,23-,26-,27+,28+,29+/m0/s1. The van der Waals surface area contributed by atoms with E-state index in [4.69, 9.17) is 33.0 Å². The molecule has 188 valence electrons. The smallest absolute Gasteiger partial charge is 0.312 e. The number of halogens is 2. The fourth-order valence-corrected chi connectivity index (χ4v) is 10.1. The zero-order valence-corrected chi connectivity index (χ0v) is 22.8. The van der Waals surface area contributed by atoms with E-state index in [9.17, 15) is 4.79 Å².